The monoisotopic (exact) mass is 256 g/mol. The van der Waals surface area contributed by atoms with Gasteiger partial charge in [-0.1, -0.05) is 29.3 Å². The number of H-pyrrole nitrogens is 1. The van der Waals surface area contributed by atoms with Crippen LogP contribution < -0.4 is 5.32 Å². The molecule has 1 aromatic carbocycles. The predicted octanol–water partition coefficient (Wildman–Crippen LogP) is 2.36. The molecular weight excluding hydrogens is 251 g/mol. The highest BCUT2D eigenvalue weighted by atomic mass is 35.5. The molecule has 0 unspecified atom stereocenters. The Labute approximate surface area is 101 Å². The van der Waals surface area contributed by atoms with Crippen LogP contribution in [0.3, 0.4) is 0 Å². The van der Waals surface area contributed by atoms with Crippen molar-refractivity contribution in [2.24, 2.45) is 0 Å². The summed E-state index contributed by atoms with van der Waals surface area (Å²) in [5.41, 5.74) is 0.210. The van der Waals surface area contributed by atoms with E-state index in [-0.39, 0.29) is 21.6 Å². The van der Waals surface area contributed by atoms with Crippen molar-refractivity contribution in [1.82, 2.24) is 15.2 Å². The minimum absolute atomic E-state index is 0.210. The fourth-order valence-corrected chi connectivity index (χ4v) is 1.72. The molecule has 0 saturated carbocycles. The van der Waals surface area contributed by atoms with E-state index in [1.807, 2.05) is 0 Å². The molecule has 7 heteroatoms. The van der Waals surface area contributed by atoms with E-state index < -0.39 is 5.91 Å². The molecule has 0 aliphatic heterocycles. The van der Waals surface area contributed by atoms with Gasteiger partial charge in [0.25, 0.3) is 5.91 Å². The fourth-order valence-electron chi connectivity index (χ4n) is 1.15. The van der Waals surface area contributed by atoms with Crippen LogP contribution in [-0.2, 0) is 0 Å². The average molecular weight is 257 g/mol. The van der Waals surface area contributed by atoms with E-state index >= 15 is 0 Å². The van der Waals surface area contributed by atoms with Crippen LogP contribution in [0.5, 0.6) is 0 Å². The Kier molecular flexibility index (Phi) is 3.07. The lowest BCUT2D eigenvalue weighted by Crippen LogP contribution is -2.14. The number of anilines is 1. The molecule has 2 rings (SSSR count). The second kappa shape index (κ2) is 4.51. The van der Waals surface area contributed by atoms with Gasteiger partial charge in [0.15, 0.2) is 0 Å². The number of hydrogen-bond acceptors (Lipinski definition) is 3. The van der Waals surface area contributed by atoms with Crippen molar-refractivity contribution < 1.29 is 4.79 Å². The first-order valence-corrected chi connectivity index (χ1v) is 5.05. The van der Waals surface area contributed by atoms with Crippen LogP contribution in [0.4, 0.5) is 5.95 Å². The Morgan fingerprint density at radius 2 is 2.00 bits per heavy atom. The van der Waals surface area contributed by atoms with Crippen LogP contribution in [-0.4, -0.2) is 21.1 Å². The lowest BCUT2D eigenvalue weighted by Gasteiger charge is -2.05. The molecule has 0 radical (unpaired) electrons. The number of aromatic amines is 1. The van der Waals surface area contributed by atoms with Crippen LogP contribution >= 0.6 is 23.2 Å². The van der Waals surface area contributed by atoms with Crippen molar-refractivity contribution in [1.29, 1.82) is 0 Å². The standard InChI is InChI=1S/C9H6Cl2N4O/c10-5-2-1-3-6(11)7(5)8(16)14-9-12-4-13-15-9/h1-4H,(H2,12,13,14,15,16). The predicted molar refractivity (Wildman–Crippen MR) is 60.8 cm³/mol. The van der Waals surface area contributed by atoms with Crippen molar-refractivity contribution in [3.05, 3.63) is 40.1 Å². The van der Waals surface area contributed by atoms with Gasteiger partial charge < -0.3 is 0 Å². The van der Waals surface area contributed by atoms with Gasteiger partial charge in [0.1, 0.15) is 6.33 Å². The highest BCUT2D eigenvalue weighted by Crippen LogP contribution is 2.24. The number of benzene rings is 1. The zero-order valence-corrected chi connectivity index (χ0v) is 9.38. The second-order valence-electron chi connectivity index (χ2n) is 2.88. The summed E-state index contributed by atoms with van der Waals surface area (Å²) in [7, 11) is 0. The minimum atomic E-state index is -0.438. The minimum Gasteiger partial charge on any atom is -0.291 e. The fraction of sp³-hybridized carbons (Fsp3) is 0. The first-order valence-electron chi connectivity index (χ1n) is 4.29. The maximum absolute atomic E-state index is 11.8. The summed E-state index contributed by atoms with van der Waals surface area (Å²) in [5.74, 6) is -0.201. The molecule has 0 atom stereocenters. The van der Waals surface area contributed by atoms with Crippen molar-refractivity contribution in [2.45, 2.75) is 0 Å². The lowest BCUT2D eigenvalue weighted by atomic mass is 10.2. The molecule has 5 nitrogen and oxygen atoms in total. The van der Waals surface area contributed by atoms with Crippen molar-refractivity contribution >= 4 is 35.1 Å². The highest BCUT2D eigenvalue weighted by Gasteiger charge is 2.15. The largest absolute Gasteiger partial charge is 0.291 e. The van der Waals surface area contributed by atoms with Gasteiger partial charge in [0.2, 0.25) is 5.95 Å². The van der Waals surface area contributed by atoms with Crippen molar-refractivity contribution in [3.8, 4) is 0 Å². The van der Waals surface area contributed by atoms with E-state index in [4.69, 9.17) is 23.2 Å². The SMILES string of the molecule is O=C(Nc1ncn[nH]1)c1c(Cl)cccc1Cl. The summed E-state index contributed by atoms with van der Waals surface area (Å²) in [6.45, 7) is 0. The van der Waals surface area contributed by atoms with E-state index in [0.717, 1.165) is 0 Å². The van der Waals surface area contributed by atoms with E-state index in [2.05, 4.69) is 20.5 Å². The molecule has 82 valence electrons. The molecule has 2 aromatic rings. The van der Waals surface area contributed by atoms with Crippen LogP contribution in [0.2, 0.25) is 10.0 Å². The van der Waals surface area contributed by atoms with Gasteiger partial charge in [-0.3, -0.25) is 10.1 Å². The Balaban J connectivity index is 2.28. The van der Waals surface area contributed by atoms with E-state index in [0.29, 0.717) is 0 Å². The number of rotatable bonds is 2. The van der Waals surface area contributed by atoms with Crippen LogP contribution in [0.1, 0.15) is 10.4 Å². The summed E-state index contributed by atoms with van der Waals surface area (Å²) < 4.78 is 0. The van der Waals surface area contributed by atoms with Crippen molar-refractivity contribution in [2.75, 3.05) is 5.32 Å². The molecular formula is C9H6Cl2N4O. The first kappa shape index (κ1) is 10.9. The third-order valence-electron chi connectivity index (χ3n) is 1.84. The van der Waals surface area contributed by atoms with Gasteiger partial charge in [-0.05, 0) is 12.1 Å². The second-order valence-corrected chi connectivity index (χ2v) is 3.70. The Morgan fingerprint density at radius 1 is 1.31 bits per heavy atom. The molecule has 16 heavy (non-hydrogen) atoms. The van der Waals surface area contributed by atoms with Gasteiger partial charge >= 0.3 is 0 Å². The summed E-state index contributed by atoms with van der Waals surface area (Å²) in [6.07, 6.45) is 1.28. The molecule has 1 heterocycles. The van der Waals surface area contributed by atoms with Crippen LogP contribution in [0, 0.1) is 0 Å². The molecule has 0 bridgehead atoms. The first-order chi connectivity index (χ1) is 7.68. The summed E-state index contributed by atoms with van der Waals surface area (Å²) in [6, 6.07) is 4.83. The van der Waals surface area contributed by atoms with Crippen LogP contribution in [0.15, 0.2) is 24.5 Å². The number of nitrogens with one attached hydrogen (secondary N) is 2. The Bertz CT molecular complexity index is 492. The molecule has 1 aromatic heterocycles. The maximum atomic E-state index is 11.8. The zero-order valence-electron chi connectivity index (χ0n) is 7.87. The maximum Gasteiger partial charge on any atom is 0.261 e. The number of halogens is 2. The lowest BCUT2D eigenvalue weighted by molar-refractivity contribution is 0.102. The Hall–Kier alpha value is -1.59. The smallest absolute Gasteiger partial charge is 0.261 e. The van der Waals surface area contributed by atoms with Gasteiger partial charge in [0.05, 0.1) is 15.6 Å². The van der Waals surface area contributed by atoms with Crippen LogP contribution in [0.25, 0.3) is 0 Å². The molecule has 0 spiro atoms. The number of carbonyl (C=O) groups is 1. The third-order valence-corrected chi connectivity index (χ3v) is 2.47. The molecule has 0 fully saturated rings. The normalized spacial score (nSPS) is 10.1. The summed E-state index contributed by atoms with van der Waals surface area (Å²) >= 11 is 11.7. The summed E-state index contributed by atoms with van der Waals surface area (Å²) in [4.78, 5) is 15.5. The molecule has 1 amide bonds. The summed E-state index contributed by atoms with van der Waals surface area (Å²) in [5, 5.41) is 9.14. The Morgan fingerprint density at radius 3 is 2.56 bits per heavy atom. The van der Waals surface area contributed by atoms with Gasteiger partial charge in [-0.15, -0.1) is 0 Å². The number of amides is 1. The zero-order chi connectivity index (χ0) is 11.5. The van der Waals surface area contributed by atoms with E-state index in [9.17, 15) is 4.79 Å². The number of carbonyl (C=O) groups excluding carboxylic acids is 1. The third kappa shape index (κ3) is 2.15. The highest BCUT2D eigenvalue weighted by molar-refractivity contribution is 6.40. The van der Waals surface area contributed by atoms with Crippen molar-refractivity contribution in [3.63, 3.8) is 0 Å². The molecule has 0 saturated heterocycles. The average Bonchev–Trinajstić information content (AvgIpc) is 2.70. The molecule has 2 N–H and O–H groups in total. The number of aromatic nitrogens is 3. The topological polar surface area (TPSA) is 70.7 Å². The number of nitrogens with zero attached hydrogens (tertiary/aromatic N) is 2. The van der Waals surface area contributed by atoms with Gasteiger partial charge in [-0.25, -0.2) is 5.10 Å². The molecule has 0 aliphatic rings. The van der Waals surface area contributed by atoms with E-state index in [1.54, 1.807) is 18.2 Å². The number of hydrogen-bond donors (Lipinski definition) is 2. The molecule has 0 aliphatic carbocycles. The van der Waals surface area contributed by atoms with Gasteiger partial charge in [0, 0.05) is 0 Å². The quantitative estimate of drug-likeness (QED) is 0.867. The van der Waals surface area contributed by atoms with Gasteiger partial charge in [-0.2, -0.15) is 10.1 Å². The van der Waals surface area contributed by atoms with E-state index in [1.165, 1.54) is 6.33 Å².